The van der Waals surface area contributed by atoms with Gasteiger partial charge in [-0.1, -0.05) is 26.0 Å². The van der Waals surface area contributed by atoms with Crippen molar-refractivity contribution in [2.45, 2.75) is 19.6 Å². The second-order valence-electron chi connectivity index (χ2n) is 4.54. The summed E-state index contributed by atoms with van der Waals surface area (Å²) in [4.78, 5) is 11.5. The van der Waals surface area contributed by atoms with Crippen LogP contribution in [-0.2, 0) is 10.5 Å². The Hall–Kier alpha value is -1.16. The molecular formula is C14H21NO2S. The smallest absolute Gasteiger partial charge is 0.230 e. The molecule has 0 unspecified atom stereocenters. The monoisotopic (exact) mass is 267 g/mol. The second kappa shape index (κ2) is 8.03. The van der Waals surface area contributed by atoms with E-state index in [1.165, 1.54) is 5.56 Å². The molecule has 1 rings (SSSR count). The molecule has 1 aromatic rings. The molecule has 0 saturated carbocycles. The van der Waals surface area contributed by atoms with Crippen LogP contribution in [0.5, 0.6) is 5.75 Å². The van der Waals surface area contributed by atoms with Gasteiger partial charge in [0.05, 0.1) is 12.9 Å². The highest BCUT2D eigenvalue weighted by molar-refractivity contribution is 7.99. The Balaban J connectivity index is 2.22. The predicted octanol–water partition coefficient (Wildman–Crippen LogP) is 2.70. The van der Waals surface area contributed by atoms with E-state index in [9.17, 15) is 4.79 Å². The molecule has 0 aliphatic carbocycles. The van der Waals surface area contributed by atoms with Crippen LogP contribution in [0, 0.1) is 5.92 Å². The van der Waals surface area contributed by atoms with Crippen molar-refractivity contribution in [2.24, 2.45) is 5.92 Å². The van der Waals surface area contributed by atoms with Crippen molar-refractivity contribution >= 4 is 17.7 Å². The molecule has 18 heavy (non-hydrogen) atoms. The maximum absolute atomic E-state index is 11.5. The lowest BCUT2D eigenvalue weighted by atomic mass is 10.2. The van der Waals surface area contributed by atoms with E-state index < -0.39 is 0 Å². The first-order chi connectivity index (χ1) is 8.61. The van der Waals surface area contributed by atoms with E-state index in [1.807, 2.05) is 24.3 Å². The van der Waals surface area contributed by atoms with E-state index >= 15 is 0 Å². The zero-order valence-electron chi connectivity index (χ0n) is 11.2. The van der Waals surface area contributed by atoms with Crippen LogP contribution >= 0.6 is 11.8 Å². The molecule has 0 bridgehead atoms. The summed E-state index contributed by atoms with van der Waals surface area (Å²) in [7, 11) is 1.66. The molecule has 3 nitrogen and oxygen atoms in total. The Morgan fingerprint density at radius 1 is 1.33 bits per heavy atom. The van der Waals surface area contributed by atoms with Crippen molar-refractivity contribution in [1.82, 2.24) is 5.32 Å². The zero-order valence-corrected chi connectivity index (χ0v) is 12.0. The molecule has 0 saturated heterocycles. The third-order valence-corrected chi connectivity index (χ3v) is 3.37. The highest BCUT2D eigenvalue weighted by Crippen LogP contribution is 2.16. The molecule has 0 spiro atoms. The molecule has 0 radical (unpaired) electrons. The summed E-state index contributed by atoms with van der Waals surface area (Å²) in [6, 6.07) is 7.93. The fraction of sp³-hybridized carbons (Fsp3) is 0.500. The first kappa shape index (κ1) is 14.9. The quantitative estimate of drug-likeness (QED) is 0.825. The highest BCUT2D eigenvalue weighted by atomic mass is 32.2. The number of nitrogens with one attached hydrogen (secondary N) is 1. The van der Waals surface area contributed by atoms with E-state index in [4.69, 9.17) is 4.74 Å². The number of hydrogen-bond donors (Lipinski definition) is 1. The van der Waals surface area contributed by atoms with E-state index in [0.29, 0.717) is 11.7 Å². The van der Waals surface area contributed by atoms with E-state index in [1.54, 1.807) is 18.9 Å². The normalized spacial score (nSPS) is 10.4. The Morgan fingerprint density at radius 2 is 2.00 bits per heavy atom. The summed E-state index contributed by atoms with van der Waals surface area (Å²) in [5, 5.41) is 2.91. The van der Waals surface area contributed by atoms with Gasteiger partial charge in [0, 0.05) is 12.3 Å². The lowest BCUT2D eigenvalue weighted by molar-refractivity contribution is -0.118. The van der Waals surface area contributed by atoms with Crippen LogP contribution < -0.4 is 10.1 Å². The van der Waals surface area contributed by atoms with E-state index in [2.05, 4.69) is 19.2 Å². The number of methoxy groups -OCH3 is 1. The minimum Gasteiger partial charge on any atom is -0.497 e. The summed E-state index contributed by atoms with van der Waals surface area (Å²) in [5.74, 6) is 2.83. The fourth-order valence-electron chi connectivity index (χ4n) is 1.35. The Kier molecular flexibility index (Phi) is 6.65. The molecule has 1 amide bonds. The van der Waals surface area contributed by atoms with Gasteiger partial charge < -0.3 is 10.1 Å². The minimum absolute atomic E-state index is 0.113. The molecule has 0 heterocycles. The van der Waals surface area contributed by atoms with Gasteiger partial charge in [-0.25, -0.2) is 0 Å². The van der Waals surface area contributed by atoms with Gasteiger partial charge in [-0.05, 0) is 23.6 Å². The highest BCUT2D eigenvalue weighted by Gasteiger charge is 2.03. The van der Waals surface area contributed by atoms with Crippen LogP contribution in [-0.4, -0.2) is 25.3 Å². The summed E-state index contributed by atoms with van der Waals surface area (Å²) in [6.07, 6.45) is 0. The summed E-state index contributed by atoms with van der Waals surface area (Å²) < 4.78 is 5.10. The Morgan fingerprint density at radius 3 is 2.56 bits per heavy atom. The predicted molar refractivity (Wildman–Crippen MR) is 77.0 cm³/mol. The number of hydrogen-bond acceptors (Lipinski definition) is 3. The van der Waals surface area contributed by atoms with Gasteiger partial charge in [0.2, 0.25) is 5.91 Å². The number of thioether (sulfide) groups is 1. The summed E-state index contributed by atoms with van der Waals surface area (Å²) in [6.45, 7) is 4.93. The van der Waals surface area contributed by atoms with Crippen LogP contribution in [0.15, 0.2) is 24.3 Å². The first-order valence-corrected chi connectivity index (χ1v) is 7.24. The van der Waals surface area contributed by atoms with E-state index in [-0.39, 0.29) is 5.91 Å². The summed E-state index contributed by atoms with van der Waals surface area (Å²) >= 11 is 1.63. The first-order valence-electron chi connectivity index (χ1n) is 6.09. The topological polar surface area (TPSA) is 38.3 Å². The lowest BCUT2D eigenvalue weighted by Gasteiger charge is -2.07. The maximum Gasteiger partial charge on any atom is 0.230 e. The fourth-order valence-corrected chi connectivity index (χ4v) is 2.17. The largest absolute Gasteiger partial charge is 0.497 e. The lowest BCUT2D eigenvalue weighted by Crippen LogP contribution is -2.28. The molecule has 0 aliphatic rings. The molecule has 4 heteroatoms. The zero-order chi connectivity index (χ0) is 13.4. The molecule has 1 aromatic carbocycles. The maximum atomic E-state index is 11.5. The van der Waals surface area contributed by atoms with Gasteiger partial charge >= 0.3 is 0 Å². The molecule has 0 aliphatic heterocycles. The van der Waals surface area contributed by atoms with Gasteiger partial charge in [-0.2, -0.15) is 0 Å². The second-order valence-corrected chi connectivity index (χ2v) is 5.52. The minimum atomic E-state index is 0.113. The molecule has 0 atom stereocenters. The third kappa shape index (κ3) is 5.96. The Bertz CT molecular complexity index is 363. The van der Waals surface area contributed by atoms with Crippen molar-refractivity contribution in [3.05, 3.63) is 29.8 Å². The third-order valence-electron chi connectivity index (χ3n) is 2.37. The molecule has 0 fully saturated rings. The van der Waals surface area contributed by atoms with Gasteiger partial charge in [-0.3, -0.25) is 4.79 Å². The Labute approximate surface area is 113 Å². The number of ether oxygens (including phenoxy) is 1. The number of rotatable bonds is 7. The molecule has 100 valence electrons. The van der Waals surface area contributed by atoms with Crippen molar-refractivity contribution in [2.75, 3.05) is 19.4 Å². The van der Waals surface area contributed by atoms with Crippen LogP contribution in [0.4, 0.5) is 0 Å². The van der Waals surface area contributed by atoms with Crippen LogP contribution in [0.2, 0.25) is 0 Å². The molecular weight excluding hydrogens is 246 g/mol. The van der Waals surface area contributed by atoms with Crippen molar-refractivity contribution in [3.8, 4) is 5.75 Å². The van der Waals surface area contributed by atoms with Crippen LogP contribution in [0.1, 0.15) is 19.4 Å². The molecule has 1 N–H and O–H groups in total. The van der Waals surface area contributed by atoms with E-state index in [0.717, 1.165) is 18.0 Å². The molecule has 0 aromatic heterocycles. The average molecular weight is 267 g/mol. The summed E-state index contributed by atoms with van der Waals surface area (Å²) in [5.41, 5.74) is 1.21. The number of amides is 1. The number of benzene rings is 1. The van der Waals surface area contributed by atoms with Gasteiger partial charge in [-0.15, -0.1) is 11.8 Å². The van der Waals surface area contributed by atoms with Crippen molar-refractivity contribution in [1.29, 1.82) is 0 Å². The van der Waals surface area contributed by atoms with Crippen molar-refractivity contribution in [3.63, 3.8) is 0 Å². The number of carbonyl (C=O) groups is 1. The number of carbonyl (C=O) groups excluding carboxylic acids is 1. The average Bonchev–Trinajstić information content (AvgIpc) is 2.37. The van der Waals surface area contributed by atoms with Crippen LogP contribution in [0.25, 0.3) is 0 Å². The van der Waals surface area contributed by atoms with Crippen molar-refractivity contribution < 1.29 is 9.53 Å². The van der Waals surface area contributed by atoms with Gasteiger partial charge in [0.25, 0.3) is 0 Å². The van der Waals surface area contributed by atoms with Crippen LogP contribution in [0.3, 0.4) is 0 Å². The standard InChI is InChI=1S/C14H21NO2S/c1-11(2)8-15-14(16)10-18-9-12-4-6-13(17-3)7-5-12/h4-7,11H,8-10H2,1-3H3,(H,15,16). The van der Waals surface area contributed by atoms with Gasteiger partial charge in [0.1, 0.15) is 5.75 Å². The van der Waals surface area contributed by atoms with Gasteiger partial charge in [0.15, 0.2) is 0 Å². The SMILES string of the molecule is COc1ccc(CSCC(=O)NCC(C)C)cc1.